The van der Waals surface area contributed by atoms with Crippen LogP contribution >= 0.6 is 0 Å². The molecule has 0 aliphatic heterocycles. The molecule has 1 heteroatoms. The van der Waals surface area contributed by atoms with E-state index in [2.05, 4.69) is 54.7 Å². The predicted molar refractivity (Wildman–Crippen MR) is 86.8 cm³/mol. The van der Waals surface area contributed by atoms with Crippen molar-refractivity contribution in [1.29, 1.82) is 0 Å². The summed E-state index contributed by atoms with van der Waals surface area (Å²) in [4.78, 5) is 0. The fourth-order valence-corrected chi connectivity index (χ4v) is 3.52. The van der Waals surface area contributed by atoms with Gasteiger partial charge in [0, 0.05) is 12.6 Å². The average Bonchev–Trinajstić information content (AvgIpc) is 2.53. The molecule has 0 radical (unpaired) electrons. The molecule has 0 heterocycles. The Labute approximate surface area is 122 Å². The van der Waals surface area contributed by atoms with Gasteiger partial charge < -0.3 is 5.32 Å². The minimum Gasteiger partial charge on any atom is -0.310 e. The lowest BCUT2D eigenvalue weighted by molar-refractivity contribution is 0.281. The number of hydrogen-bond donors (Lipinski definition) is 1. The fourth-order valence-electron chi connectivity index (χ4n) is 3.52. The third-order valence-corrected chi connectivity index (χ3v) is 4.85. The lowest BCUT2D eigenvalue weighted by Gasteiger charge is -2.28. The van der Waals surface area contributed by atoms with Gasteiger partial charge in [0.1, 0.15) is 0 Å². The Morgan fingerprint density at radius 2 is 1.75 bits per heavy atom. The quantitative estimate of drug-likeness (QED) is 0.831. The van der Waals surface area contributed by atoms with Crippen molar-refractivity contribution in [2.75, 3.05) is 0 Å². The summed E-state index contributed by atoms with van der Waals surface area (Å²) < 4.78 is 0. The first-order chi connectivity index (χ1) is 9.84. The molecule has 20 heavy (non-hydrogen) atoms. The number of benzene rings is 2. The predicted octanol–water partition coefficient (Wildman–Crippen LogP) is 4.90. The topological polar surface area (TPSA) is 12.0 Å². The second-order valence-corrected chi connectivity index (χ2v) is 6.21. The first-order valence-electron chi connectivity index (χ1n) is 8.04. The summed E-state index contributed by atoms with van der Waals surface area (Å²) in [6.45, 7) is 3.35. The lowest BCUT2D eigenvalue weighted by Crippen LogP contribution is -2.34. The van der Waals surface area contributed by atoms with Crippen LogP contribution in [0.2, 0.25) is 0 Å². The van der Waals surface area contributed by atoms with Crippen molar-refractivity contribution in [1.82, 2.24) is 5.32 Å². The Morgan fingerprint density at radius 3 is 2.60 bits per heavy atom. The molecule has 0 spiro atoms. The maximum Gasteiger partial charge on any atom is 0.0214 e. The molecule has 2 aromatic rings. The molecule has 106 valence electrons. The highest BCUT2D eigenvalue weighted by Crippen LogP contribution is 2.26. The van der Waals surface area contributed by atoms with Gasteiger partial charge >= 0.3 is 0 Å². The van der Waals surface area contributed by atoms with Crippen LogP contribution in [-0.4, -0.2) is 6.04 Å². The number of rotatable bonds is 4. The van der Waals surface area contributed by atoms with Crippen molar-refractivity contribution in [3.05, 3.63) is 48.0 Å². The van der Waals surface area contributed by atoms with E-state index >= 15 is 0 Å². The van der Waals surface area contributed by atoms with E-state index in [1.54, 1.807) is 0 Å². The molecular formula is C19H25N. The molecule has 0 saturated heterocycles. The van der Waals surface area contributed by atoms with Gasteiger partial charge in [-0.25, -0.2) is 0 Å². The van der Waals surface area contributed by atoms with E-state index in [0.29, 0.717) is 6.04 Å². The van der Waals surface area contributed by atoms with E-state index in [1.165, 1.54) is 48.4 Å². The van der Waals surface area contributed by atoms with Gasteiger partial charge in [0.15, 0.2) is 0 Å². The van der Waals surface area contributed by atoms with Crippen molar-refractivity contribution < 1.29 is 0 Å². The smallest absolute Gasteiger partial charge is 0.0214 e. The molecule has 1 nitrogen and oxygen atoms in total. The van der Waals surface area contributed by atoms with Gasteiger partial charge in [0.25, 0.3) is 0 Å². The molecule has 1 saturated carbocycles. The first-order valence-corrected chi connectivity index (χ1v) is 8.04. The van der Waals surface area contributed by atoms with Gasteiger partial charge in [0.05, 0.1) is 0 Å². The van der Waals surface area contributed by atoms with Crippen LogP contribution in [0.5, 0.6) is 0 Å². The van der Waals surface area contributed by atoms with Gasteiger partial charge in [0.2, 0.25) is 0 Å². The van der Waals surface area contributed by atoms with E-state index in [9.17, 15) is 0 Å². The van der Waals surface area contributed by atoms with E-state index in [-0.39, 0.29) is 0 Å². The van der Waals surface area contributed by atoms with Crippen molar-refractivity contribution in [3.63, 3.8) is 0 Å². The van der Waals surface area contributed by atoms with Crippen LogP contribution in [0, 0.1) is 5.92 Å². The highest BCUT2D eigenvalue weighted by molar-refractivity contribution is 5.85. The zero-order chi connectivity index (χ0) is 13.8. The number of nitrogens with one attached hydrogen (secondary N) is 1. The number of fused-ring (bicyclic) bond motifs is 1. The van der Waals surface area contributed by atoms with Crippen LogP contribution in [-0.2, 0) is 6.54 Å². The van der Waals surface area contributed by atoms with Gasteiger partial charge in [-0.1, -0.05) is 61.7 Å². The molecule has 2 aromatic carbocycles. The summed E-state index contributed by atoms with van der Waals surface area (Å²) >= 11 is 0. The summed E-state index contributed by atoms with van der Waals surface area (Å²) in [5.41, 5.74) is 1.42. The maximum atomic E-state index is 3.76. The molecular weight excluding hydrogens is 242 g/mol. The molecule has 1 N–H and O–H groups in total. The summed E-state index contributed by atoms with van der Waals surface area (Å²) in [5, 5.41) is 6.49. The van der Waals surface area contributed by atoms with Crippen molar-refractivity contribution in [3.8, 4) is 0 Å². The molecule has 1 atom stereocenters. The van der Waals surface area contributed by atoms with Gasteiger partial charge in [-0.2, -0.15) is 0 Å². The van der Waals surface area contributed by atoms with Crippen LogP contribution in [0.15, 0.2) is 42.5 Å². The molecule has 1 aliphatic rings. The van der Waals surface area contributed by atoms with Gasteiger partial charge in [-0.3, -0.25) is 0 Å². The summed E-state index contributed by atoms with van der Waals surface area (Å²) in [6, 6.07) is 15.9. The van der Waals surface area contributed by atoms with E-state index in [1.807, 2.05) is 0 Å². The monoisotopic (exact) mass is 267 g/mol. The zero-order valence-corrected chi connectivity index (χ0v) is 12.4. The Morgan fingerprint density at radius 1 is 1.00 bits per heavy atom. The normalized spacial score (nSPS) is 18.2. The van der Waals surface area contributed by atoms with Crippen LogP contribution in [0.25, 0.3) is 10.8 Å². The molecule has 1 fully saturated rings. The number of hydrogen-bond acceptors (Lipinski definition) is 1. The Kier molecular flexibility index (Phi) is 4.37. The molecule has 0 unspecified atom stereocenters. The summed E-state index contributed by atoms with van der Waals surface area (Å²) in [7, 11) is 0. The molecule has 1 aliphatic carbocycles. The molecule has 0 amide bonds. The Bertz CT molecular complexity index is 549. The fraction of sp³-hybridized carbons (Fsp3) is 0.474. The van der Waals surface area contributed by atoms with E-state index < -0.39 is 0 Å². The minimum atomic E-state index is 0.634. The Balaban J connectivity index is 1.67. The second kappa shape index (κ2) is 6.41. The zero-order valence-electron chi connectivity index (χ0n) is 12.4. The molecule has 3 rings (SSSR count). The third-order valence-electron chi connectivity index (χ3n) is 4.85. The molecule has 0 aromatic heterocycles. The first kappa shape index (κ1) is 13.6. The van der Waals surface area contributed by atoms with Crippen LogP contribution in [0.4, 0.5) is 0 Å². The van der Waals surface area contributed by atoms with Crippen LogP contribution in [0.1, 0.15) is 44.6 Å². The lowest BCUT2D eigenvalue weighted by atomic mass is 9.84. The SMILES string of the molecule is C[C@@H](NCc1cccc2ccccc12)C1CCCCC1. The van der Waals surface area contributed by atoms with Crippen LogP contribution in [0.3, 0.4) is 0 Å². The van der Waals surface area contributed by atoms with E-state index in [4.69, 9.17) is 0 Å². The largest absolute Gasteiger partial charge is 0.310 e. The average molecular weight is 267 g/mol. The highest BCUT2D eigenvalue weighted by atomic mass is 14.9. The Hall–Kier alpha value is -1.34. The van der Waals surface area contributed by atoms with Crippen LogP contribution < -0.4 is 5.32 Å². The molecule has 0 bridgehead atoms. The summed E-state index contributed by atoms with van der Waals surface area (Å²) in [6.07, 6.45) is 7.09. The summed E-state index contributed by atoms with van der Waals surface area (Å²) in [5.74, 6) is 0.874. The van der Waals surface area contributed by atoms with Crippen molar-refractivity contribution >= 4 is 10.8 Å². The minimum absolute atomic E-state index is 0.634. The highest BCUT2D eigenvalue weighted by Gasteiger charge is 2.19. The van der Waals surface area contributed by atoms with Crippen molar-refractivity contribution in [2.45, 2.75) is 51.6 Å². The van der Waals surface area contributed by atoms with E-state index in [0.717, 1.165) is 12.5 Å². The second-order valence-electron chi connectivity index (χ2n) is 6.21. The van der Waals surface area contributed by atoms with Gasteiger partial charge in [-0.05, 0) is 42.0 Å². The standard InChI is InChI=1S/C19H25N/c1-15(16-8-3-2-4-9-16)20-14-18-12-7-11-17-10-5-6-13-19(17)18/h5-7,10-13,15-16,20H,2-4,8-9,14H2,1H3/t15-/m1/s1. The van der Waals surface area contributed by atoms with Crippen molar-refractivity contribution in [2.24, 2.45) is 5.92 Å². The maximum absolute atomic E-state index is 3.76. The van der Waals surface area contributed by atoms with Gasteiger partial charge in [-0.15, -0.1) is 0 Å². The third kappa shape index (κ3) is 3.04.